The summed E-state index contributed by atoms with van der Waals surface area (Å²) in [6.45, 7) is 0.969. The van der Waals surface area contributed by atoms with Crippen molar-refractivity contribution in [2.24, 2.45) is 0 Å². The van der Waals surface area contributed by atoms with Crippen molar-refractivity contribution in [3.05, 3.63) is 59.2 Å². The van der Waals surface area contributed by atoms with Gasteiger partial charge in [-0.15, -0.1) is 0 Å². The Morgan fingerprint density at radius 1 is 0.914 bits per heavy atom. The lowest BCUT2D eigenvalue weighted by molar-refractivity contribution is -0.125. The Morgan fingerprint density at radius 2 is 1.57 bits per heavy atom. The summed E-state index contributed by atoms with van der Waals surface area (Å²) in [4.78, 5) is 62.8. The number of rotatable bonds is 6. The molecule has 9 nitrogen and oxygen atoms in total. The summed E-state index contributed by atoms with van der Waals surface area (Å²) in [6, 6.07) is 10.5. The van der Waals surface area contributed by atoms with Crippen LogP contribution in [0.3, 0.4) is 0 Å². The molecule has 0 aromatic heterocycles. The monoisotopic (exact) mass is 477 g/mol. The highest BCUT2D eigenvalue weighted by atomic mass is 16.5. The van der Waals surface area contributed by atoms with E-state index in [9.17, 15) is 24.0 Å². The number of benzene rings is 2. The minimum atomic E-state index is -0.748. The highest BCUT2D eigenvalue weighted by Gasteiger charge is 2.37. The Balaban J connectivity index is 1.40. The molecule has 2 aliphatic rings. The molecule has 0 atom stereocenters. The maximum atomic E-state index is 13.0. The summed E-state index contributed by atoms with van der Waals surface area (Å²) in [5.41, 5.74) is 1.20. The molecule has 0 bridgehead atoms. The third-order valence-corrected chi connectivity index (χ3v) is 6.12. The van der Waals surface area contributed by atoms with Gasteiger partial charge in [-0.1, -0.05) is 25.7 Å². The normalized spacial score (nSPS) is 15.9. The minimum Gasteiger partial charge on any atom is -0.452 e. The van der Waals surface area contributed by atoms with Gasteiger partial charge in [-0.3, -0.25) is 19.2 Å². The molecule has 1 aliphatic heterocycles. The smallest absolute Gasteiger partial charge is 0.338 e. The molecule has 1 fully saturated rings. The molecule has 0 saturated heterocycles. The van der Waals surface area contributed by atoms with Crippen molar-refractivity contribution in [1.82, 2.24) is 5.32 Å². The van der Waals surface area contributed by atoms with E-state index in [1.807, 2.05) is 0 Å². The number of carbonyl (C=O) groups excluding carboxylic acids is 5. The van der Waals surface area contributed by atoms with Crippen molar-refractivity contribution in [3.63, 3.8) is 0 Å². The van der Waals surface area contributed by atoms with Crippen LogP contribution in [0.5, 0.6) is 0 Å². The Kier molecular flexibility index (Phi) is 7.24. The van der Waals surface area contributed by atoms with Gasteiger partial charge in [0.1, 0.15) is 0 Å². The first-order chi connectivity index (χ1) is 16.8. The minimum absolute atomic E-state index is 0.0787. The van der Waals surface area contributed by atoms with Crippen LogP contribution in [0.1, 0.15) is 76.5 Å². The van der Waals surface area contributed by atoms with Crippen molar-refractivity contribution in [2.45, 2.75) is 51.5 Å². The number of carbonyl (C=O) groups is 5. The molecule has 35 heavy (non-hydrogen) atoms. The summed E-state index contributed by atoms with van der Waals surface area (Å²) < 4.78 is 5.15. The first-order valence-corrected chi connectivity index (χ1v) is 11.7. The number of nitrogens with one attached hydrogen (secondary N) is 2. The van der Waals surface area contributed by atoms with Crippen LogP contribution >= 0.6 is 0 Å². The Morgan fingerprint density at radius 3 is 2.23 bits per heavy atom. The summed E-state index contributed by atoms with van der Waals surface area (Å²) in [5, 5.41) is 5.53. The van der Waals surface area contributed by atoms with Crippen LogP contribution in [0.25, 0.3) is 0 Å². The fraction of sp³-hybridized carbons (Fsp3) is 0.346. The van der Waals surface area contributed by atoms with E-state index in [0.717, 1.165) is 30.6 Å². The second-order valence-electron chi connectivity index (χ2n) is 8.77. The van der Waals surface area contributed by atoms with Gasteiger partial charge in [-0.2, -0.15) is 0 Å². The molecular weight excluding hydrogens is 450 g/mol. The first kappa shape index (κ1) is 24.1. The number of amides is 4. The average molecular weight is 478 g/mol. The predicted octanol–water partition coefficient (Wildman–Crippen LogP) is 3.44. The summed E-state index contributed by atoms with van der Waals surface area (Å²) in [6.07, 6.45) is 6.33. The molecule has 1 saturated carbocycles. The molecule has 4 rings (SSSR count). The highest BCUT2D eigenvalue weighted by molar-refractivity contribution is 6.34. The van der Waals surface area contributed by atoms with Gasteiger partial charge < -0.3 is 15.4 Å². The van der Waals surface area contributed by atoms with E-state index in [4.69, 9.17) is 4.74 Å². The lowest BCUT2D eigenvalue weighted by Crippen LogP contribution is -2.37. The molecule has 1 heterocycles. The molecule has 182 valence electrons. The molecule has 2 aromatic rings. The van der Waals surface area contributed by atoms with Crippen molar-refractivity contribution in [3.8, 4) is 0 Å². The van der Waals surface area contributed by atoms with Crippen molar-refractivity contribution in [1.29, 1.82) is 0 Å². The van der Waals surface area contributed by atoms with Crippen LogP contribution in [0, 0.1) is 0 Å². The number of hydrogen-bond donors (Lipinski definition) is 2. The van der Waals surface area contributed by atoms with Gasteiger partial charge in [-0.25, -0.2) is 9.69 Å². The van der Waals surface area contributed by atoms with Crippen molar-refractivity contribution in [2.75, 3.05) is 16.8 Å². The standard InChI is InChI=1S/C26H27N3O6/c1-16(30)27-19-9-11-20(12-10-19)29-24(32)21-13-8-17(14-22(21)25(29)33)26(34)35-15-23(31)28-18-6-4-2-3-5-7-18/h8-14,18H,2-7,15H2,1H3,(H,27,30)(H,28,31). The molecule has 9 heteroatoms. The number of esters is 1. The van der Waals surface area contributed by atoms with Crippen LogP contribution in [0.4, 0.5) is 11.4 Å². The van der Waals surface area contributed by atoms with E-state index < -0.39 is 24.4 Å². The first-order valence-electron chi connectivity index (χ1n) is 11.7. The average Bonchev–Trinajstić information content (AvgIpc) is 2.99. The van der Waals surface area contributed by atoms with Gasteiger partial charge in [0.05, 0.1) is 22.4 Å². The highest BCUT2D eigenvalue weighted by Crippen LogP contribution is 2.30. The molecule has 0 unspecified atom stereocenters. The second-order valence-corrected chi connectivity index (χ2v) is 8.77. The fourth-order valence-corrected chi connectivity index (χ4v) is 4.41. The summed E-state index contributed by atoms with van der Waals surface area (Å²) in [7, 11) is 0. The Labute approximate surface area is 202 Å². The number of nitrogens with zero attached hydrogens (tertiary/aromatic N) is 1. The van der Waals surface area contributed by atoms with Gasteiger partial charge in [0.25, 0.3) is 17.7 Å². The summed E-state index contributed by atoms with van der Waals surface area (Å²) >= 11 is 0. The van der Waals surface area contributed by atoms with E-state index in [0.29, 0.717) is 11.4 Å². The van der Waals surface area contributed by atoms with Gasteiger partial charge >= 0.3 is 5.97 Å². The van der Waals surface area contributed by atoms with E-state index in [-0.39, 0.29) is 34.5 Å². The number of hydrogen-bond acceptors (Lipinski definition) is 6. The summed E-state index contributed by atoms with van der Waals surface area (Å²) in [5.74, 6) is -2.42. The van der Waals surface area contributed by atoms with E-state index in [1.165, 1.54) is 38.0 Å². The molecule has 2 aromatic carbocycles. The van der Waals surface area contributed by atoms with E-state index in [1.54, 1.807) is 24.3 Å². The topological polar surface area (TPSA) is 122 Å². The largest absolute Gasteiger partial charge is 0.452 e. The fourth-order valence-electron chi connectivity index (χ4n) is 4.41. The second kappa shape index (κ2) is 10.5. The lowest BCUT2D eigenvalue weighted by atomic mass is 10.1. The van der Waals surface area contributed by atoms with Crippen molar-refractivity contribution < 1.29 is 28.7 Å². The van der Waals surface area contributed by atoms with Crippen LogP contribution < -0.4 is 15.5 Å². The Hall–Kier alpha value is -4.01. The molecule has 2 N–H and O–H groups in total. The molecule has 4 amide bonds. The third kappa shape index (κ3) is 5.56. The maximum Gasteiger partial charge on any atom is 0.338 e. The van der Waals surface area contributed by atoms with Crippen LogP contribution in [-0.2, 0) is 14.3 Å². The van der Waals surface area contributed by atoms with Gasteiger partial charge in [0.15, 0.2) is 6.61 Å². The van der Waals surface area contributed by atoms with Crippen molar-refractivity contribution >= 4 is 41.0 Å². The SMILES string of the molecule is CC(=O)Nc1ccc(N2C(=O)c3ccc(C(=O)OCC(=O)NC4CCCCCC4)cc3C2=O)cc1. The number of imide groups is 1. The predicted molar refractivity (Wildman–Crippen MR) is 128 cm³/mol. The zero-order valence-electron chi connectivity index (χ0n) is 19.5. The Bertz CT molecular complexity index is 1170. The lowest BCUT2D eigenvalue weighted by Gasteiger charge is -2.16. The van der Waals surface area contributed by atoms with E-state index >= 15 is 0 Å². The maximum absolute atomic E-state index is 13.0. The molecule has 0 spiro atoms. The van der Waals surface area contributed by atoms with Gasteiger partial charge in [0, 0.05) is 18.7 Å². The number of ether oxygens (including phenoxy) is 1. The van der Waals surface area contributed by atoms with Gasteiger partial charge in [0.2, 0.25) is 5.91 Å². The molecule has 1 aliphatic carbocycles. The van der Waals surface area contributed by atoms with Gasteiger partial charge in [-0.05, 0) is 55.3 Å². The molecular formula is C26H27N3O6. The zero-order chi connectivity index (χ0) is 24.9. The van der Waals surface area contributed by atoms with E-state index in [2.05, 4.69) is 10.6 Å². The van der Waals surface area contributed by atoms with Crippen LogP contribution in [0.2, 0.25) is 0 Å². The quantitative estimate of drug-likeness (QED) is 0.373. The van der Waals surface area contributed by atoms with Crippen LogP contribution in [0.15, 0.2) is 42.5 Å². The third-order valence-electron chi connectivity index (χ3n) is 6.12. The zero-order valence-corrected chi connectivity index (χ0v) is 19.5. The number of anilines is 2. The molecule has 0 radical (unpaired) electrons. The number of fused-ring (bicyclic) bond motifs is 1. The van der Waals surface area contributed by atoms with Crippen LogP contribution in [-0.4, -0.2) is 42.2 Å².